The normalized spacial score (nSPS) is 11.8. The van der Waals surface area contributed by atoms with Gasteiger partial charge in [0, 0.05) is 17.5 Å². The fraction of sp³-hybridized carbons (Fsp3) is 0.211. The van der Waals surface area contributed by atoms with Gasteiger partial charge in [-0.1, -0.05) is 26.0 Å². The van der Waals surface area contributed by atoms with Gasteiger partial charge in [0.25, 0.3) is 0 Å². The Morgan fingerprint density at radius 2 is 1.88 bits per heavy atom. The molecule has 0 N–H and O–H groups in total. The Bertz CT molecular complexity index is 1120. The third-order valence-corrected chi connectivity index (χ3v) is 4.96. The fourth-order valence-corrected chi connectivity index (χ4v) is 3.75. The van der Waals surface area contributed by atoms with Gasteiger partial charge in [-0.25, -0.2) is 9.18 Å². The van der Waals surface area contributed by atoms with Crippen LogP contribution < -0.4 is 9.81 Å². The molecule has 136 valence electrons. The van der Waals surface area contributed by atoms with Gasteiger partial charge in [0.1, 0.15) is 22.9 Å². The quantitative estimate of drug-likeness (QED) is 0.498. The van der Waals surface area contributed by atoms with Crippen molar-refractivity contribution in [3.63, 3.8) is 0 Å². The molecule has 3 aromatic rings. The van der Waals surface area contributed by atoms with E-state index in [1.54, 1.807) is 6.07 Å². The lowest BCUT2D eigenvalue weighted by molar-refractivity contribution is 0.484. The summed E-state index contributed by atoms with van der Waals surface area (Å²) in [6.45, 7) is 3.89. The van der Waals surface area contributed by atoms with Gasteiger partial charge in [-0.3, -0.25) is 0 Å². The zero-order chi connectivity index (χ0) is 18.9. The van der Waals surface area contributed by atoms with Gasteiger partial charge in [0.2, 0.25) is 0 Å². The first-order valence-electron chi connectivity index (χ1n) is 7.98. The number of fused-ring (bicyclic) bond motifs is 1. The Balaban J connectivity index is 1.92. The van der Waals surface area contributed by atoms with Gasteiger partial charge < -0.3 is 8.60 Å². The predicted octanol–water partition coefficient (Wildman–Crippen LogP) is 3.96. The van der Waals surface area contributed by atoms with Crippen molar-refractivity contribution in [1.82, 2.24) is 0 Å². The van der Waals surface area contributed by atoms with Crippen molar-refractivity contribution < 1.29 is 21.4 Å². The number of halogens is 1. The molecule has 0 aliphatic heterocycles. The second kappa shape index (κ2) is 6.92. The zero-order valence-corrected chi connectivity index (χ0v) is 15.0. The first kappa shape index (κ1) is 18.1. The monoisotopic (exact) mass is 376 g/mol. The van der Waals surface area contributed by atoms with Gasteiger partial charge >= 0.3 is 15.7 Å². The molecule has 0 amide bonds. The van der Waals surface area contributed by atoms with E-state index in [1.807, 2.05) is 13.8 Å². The van der Waals surface area contributed by atoms with Crippen molar-refractivity contribution in [3.8, 4) is 5.75 Å². The van der Waals surface area contributed by atoms with Gasteiger partial charge in [-0.2, -0.15) is 8.42 Å². The molecule has 0 aliphatic carbocycles. The summed E-state index contributed by atoms with van der Waals surface area (Å²) in [6, 6.07) is 11.2. The summed E-state index contributed by atoms with van der Waals surface area (Å²) in [4.78, 5) is 11.7. The maximum atomic E-state index is 13.2. The highest BCUT2D eigenvalue weighted by Crippen LogP contribution is 2.28. The summed E-state index contributed by atoms with van der Waals surface area (Å²) < 4.78 is 47.9. The Morgan fingerprint density at radius 1 is 1.12 bits per heavy atom. The van der Waals surface area contributed by atoms with E-state index in [4.69, 9.17) is 8.60 Å². The summed E-state index contributed by atoms with van der Waals surface area (Å²) in [7, 11) is -4.00. The predicted molar refractivity (Wildman–Crippen MR) is 96.2 cm³/mol. The minimum absolute atomic E-state index is 0.0259. The fourth-order valence-electron chi connectivity index (χ4n) is 2.70. The molecule has 1 heterocycles. The second-order valence-electron chi connectivity index (χ2n) is 6.25. The van der Waals surface area contributed by atoms with Crippen LogP contribution in [0, 0.1) is 5.82 Å². The van der Waals surface area contributed by atoms with Crippen LogP contribution in [0.15, 0.2) is 57.7 Å². The average molecular weight is 376 g/mol. The third-order valence-electron chi connectivity index (χ3n) is 3.83. The number of hydrogen-bond donors (Lipinski definition) is 0. The largest absolute Gasteiger partial charge is 0.423 e. The van der Waals surface area contributed by atoms with E-state index in [0.29, 0.717) is 0 Å². The minimum Gasteiger partial charge on any atom is -0.423 e. The molecule has 5 nitrogen and oxygen atoms in total. The summed E-state index contributed by atoms with van der Waals surface area (Å²) in [5, 5.41) is 0.717. The average Bonchev–Trinajstić information content (AvgIpc) is 2.52. The maximum absolute atomic E-state index is 13.2. The highest BCUT2D eigenvalue weighted by atomic mass is 32.2. The summed E-state index contributed by atoms with van der Waals surface area (Å²) in [5.74, 6) is -0.867. The molecule has 0 saturated heterocycles. The van der Waals surface area contributed by atoms with E-state index in [2.05, 4.69) is 0 Å². The van der Waals surface area contributed by atoms with E-state index in [0.717, 1.165) is 17.0 Å². The van der Waals surface area contributed by atoms with Crippen molar-refractivity contribution in [2.75, 3.05) is 0 Å². The van der Waals surface area contributed by atoms with Crippen molar-refractivity contribution in [3.05, 3.63) is 75.9 Å². The molecule has 0 aliphatic rings. The summed E-state index contributed by atoms with van der Waals surface area (Å²) >= 11 is 0. The smallest absolute Gasteiger partial charge is 0.336 e. The zero-order valence-electron chi connectivity index (χ0n) is 14.2. The van der Waals surface area contributed by atoms with Crippen LogP contribution in [0.2, 0.25) is 0 Å². The molecule has 0 fully saturated rings. The summed E-state index contributed by atoms with van der Waals surface area (Å²) in [6.07, 6.45) is 0. The van der Waals surface area contributed by atoms with Crippen LogP contribution in [0.25, 0.3) is 11.0 Å². The van der Waals surface area contributed by atoms with Crippen molar-refractivity contribution in [1.29, 1.82) is 0 Å². The summed E-state index contributed by atoms with van der Waals surface area (Å²) in [5.41, 5.74) is 0.824. The van der Waals surface area contributed by atoms with Gasteiger partial charge in [-0.15, -0.1) is 0 Å². The Hall–Kier alpha value is -2.67. The van der Waals surface area contributed by atoms with E-state index in [-0.39, 0.29) is 22.8 Å². The van der Waals surface area contributed by atoms with Crippen LogP contribution in [-0.4, -0.2) is 8.42 Å². The second-order valence-corrected chi connectivity index (χ2v) is 7.82. The molecule has 0 unspecified atom stereocenters. The van der Waals surface area contributed by atoms with E-state index < -0.39 is 27.3 Å². The topological polar surface area (TPSA) is 73.6 Å². The number of benzene rings is 2. The van der Waals surface area contributed by atoms with Crippen LogP contribution in [0.3, 0.4) is 0 Å². The number of hydrogen-bond acceptors (Lipinski definition) is 5. The van der Waals surface area contributed by atoms with Crippen LogP contribution in [0.5, 0.6) is 5.75 Å². The lowest BCUT2D eigenvalue weighted by Crippen LogP contribution is -2.12. The molecule has 0 saturated carbocycles. The first-order valence-corrected chi connectivity index (χ1v) is 9.56. The highest BCUT2D eigenvalue weighted by molar-refractivity contribution is 7.86. The lowest BCUT2D eigenvalue weighted by atomic mass is 10.00. The van der Waals surface area contributed by atoms with Crippen LogP contribution in [0.4, 0.5) is 4.39 Å². The van der Waals surface area contributed by atoms with Crippen molar-refractivity contribution in [2.24, 2.45) is 0 Å². The van der Waals surface area contributed by atoms with E-state index in [1.165, 1.54) is 36.4 Å². The third kappa shape index (κ3) is 4.11. The highest BCUT2D eigenvalue weighted by Gasteiger charge is 2.16. The molecule has 0 bridgehead atoms. The molecule has 0 spiro atoms. The van der Waals surface area contributed by atoms with Crippen molar-refractivity contribution in [2.45, 2.75) is 25.5 Å². The van der Waals surface area contributed by atoms with Gasteiger partial charge in [0.05, 0.1) is 0 Å². The molecule has 7 heteroatoms. The lowest BCUT2D eigenvalue weighted by Gasteiger charge is -2.11. The van der Waals surface area contributed by atoms with Crippen LogP contribution in [0.1, 0.15) is 30.9 Å². The molecule has 0 atom stereocenters. The maximum Gasteiger partial charge on any atom is 0.336 e. The van der Waals surface area contributed by atoms with Crippen LogP contribution >= 0.6 is 0 Å². The van der Waals surface area contributed by atoms with Gasteiger partial charge in [0.15, 0.2) is 0 Å². The van der Waals surface area contributed by atoms with E-state index in [9.17, 15) is 17.6 Å². The molecule has 26 heavy (non-hydrogen) atoms. The molecule has 2 aromatic carbocycles. The van der Waals surface area contributed by atoms with Gasteiger partial charge in [-0.05, 0) is 41.3 Å². The first-order chi connectivity index (χ1) is 12.2. The Labute approximate surface area is 150 Å². The molecular formula is C19H17FO5S. The Kier molecular flexibility index (Phi) is 4.82. The van der Waals surface area contributed by atoms with Crippen molar-refractivity contribution >= 4 is 21.1 Å². The SMILES string of the molecule is CC(C)c1cc(=O)oc2cc(OS(=O)(=O)Cc3cccc(F)c3)ccc12. The standard InChI is InChI=1S/C19H17FO5S/c1-12(2)17-10-19(21)24-18-9-15(6-7-16(17)18)25-26(22,23)11-13-4-3-5-14(20)8-13/h3-10,12H,11H2,1-2H3. The molecule has 3 rings (SSSR count). The van der Waals surface area contributed by atoms with E-state index >= 15 is 0 Å². The molecular weight excluding hydrogens is 359 g/mol. The molecule has 1 aromatic heterocycles. The Morgan fingerprint density at radius 3 is 2.58 bits per heavy atom. The minimum atomic E-state index is -4.00. The molecule has 0 radical (unpaired) electrons. The number of rotatable bonds is 5. The van der Waals surface area contributed by atoms with Crippen LogP contribution in [-0.2, 0) is 15.9 Å².